The lowest BCUT2D eigenvalue weighted by Crippen LogP contribution is -2.13. The molecule has 0 bridgehead atoms. The third kappa shape index (κ3) is 2.94. The number of nitrogen functional groups attached to an aromatic ring is 1. The smallest absolute Gasteiger partial charge is 0.148 e. The fourth-order valence-corrected chi connectivity index (χ4v) is 1.62. The number of nitrogens with zero attached hydrogens (tertiary/aromatic N) is 2. The number of hydrogen-bond donors (Lipinski definition) is 3. The van der Waals surface area contributed by atoms with Crippen molar-refractivity contribution in [2.75, 3.05) is 10.7 Å². The van der Waals surface area contributed by atoms with Gasteiger partial charge in [0.2, 0.25) is 0 Å². The van der Waals surface area contributed by atoms with Crippen LogP contribution in [0.25, 0.3) is 0 Å². The molecule has 0 spiro atoms. The number of benzene rings is 1. The number of nitrogens with one attached hydrogen (secondary N) is 2. The van der Waals surface area contributed by atoms with Gasteiger partial charge in [-0.25, -0.2) is 24.6 Å². The Bertz CT molecular complexity index is 588. The minimum Gasteiger partial charge on any atom is -0.365 e. The third-order valence-electron chi connectivity index (χ3n) is 2.68. The van der Waals surface area contributed by atoms with Crippen molar-refractivity contribution in [3.8, 4) is 0 Å². The predicted octanol–water partition coefficient (Wildman–Crippen LogP) is 1.96. The second kappa shape index (κ2) is 5.57. The van der Waals surface area contributed by atoms with Gasteiger partial charge in [-0.3, -0.25) is 0 Å². The van der Waals surface area contributed by atoms with Gasteiger partial charge in [0.25, 0.3) is 0 Å². The van der Waals surface area contributed by atoms with Crippen LogP contribution in [0.3, 0.4) is 0 Å². The molecular formula is C12H13F2N5. The van der Waals surface area contributed by atoms with E-state index < -0.39 is 11.6 Å². The zero-order chi connectivity index (χ0) is 13.8. The Morgan fingerprint density at radius 2 is 1.95 bits per heavy atom. The summed E-state index contributed by atoms with van der Waals surface area (Å²) in [4.78, 5) is 7.97. The van der Waals surface area contributed by atoms with Crippen LogP contribution >= 0.6 is 0 Å². The highest BCUT2D eigenvalue weighted by Gasteiger charge is 2.07. The summed E-state index contributed by atoms with van der Waals surface area (Å²) in [5.41, 5.74) is 3.50. The van der Waals surface area contributed by atoms with E-state index in [0.717, 1.165) is 6.07 Å². The van der Waals surface area contributed by atoms with Crippen LogP contribution in [0.5, 0.6) is 0 Å². The van der Waals surface area contributed by atoms with Crippen LogP contribution in [0.1, 0.15) is 11.1 Å². The Morgan fingerprint density at radius 1 is 1.21 bits per heavy atom. The molecule has 0 saturated heterocycles. The van der Waals surface area contributed by atoms with Gasteiger partial charge in [-0.1, -0.05) is 6.07 Å². The second-order valence-electron chi connectivity index (χ2n) is 3.93. The van der Waals surface area contributed by atoms with E-state index in [9.17, 15) is 8.78 Å². The summed E-state index contributed by atoms with van der Waals surface area (Å²) in [5, 5.41) is 2.96. The molecule has 0 atom stereocenters. The quantitative estimate of drug-likeness (QED) is 0.582. The molecular weight excluding hydrogens is 252 g/mol. The monoisotopic (exact) mass is 265 g/mol. The topological polar surface area (TPSA) is 75.9 Å². The Hall–Kier alpha value is -2.28. The van der Waals surface area contributed by atoms with E-state index in [1.165, 1.54) is 18.5 Å². The Kier molecular flexibility index (Phi) is 3.86. The SMILES string of the molecule is Cc1c(NN)ncnc1NCc1ccc(F)cc1F. The highest BCUT2D eigenvalue weighted by Crippen LogP contribution is 2.18. The summed E-state index contributed by atoms with van der Waals surface area (Å²) >= 11 is 0. The van der Waals surface area contributed by atoms with Crippen molar-refractivity contribution in [3.63, 3.8) is 0 Å². The normalized spacial score (nSPS) is 10.3. The van der Waals surface area contributed by atoms with Crippen molar-refractivity contribution in [1.29, 1.82) is 0 Å². The van der Waals surface area contributed by atoms with Crippen molar-refractivity contribution in [1.82, 2.24) is 9.97 Å². The molecule has 5 nitrogen and oxygen atoms in total. The molecule has 0 saturated carbocycles. The number of hydrogen-bond acceptors (Lipinski definition) is 5. The van der Waals surface area contributed by atoms with Gasteiger partial charge >= 0.3 is 0 Å². The average Bonchev–Trinajstić information content (AvgIpc) is 2.39. The molecule has 0 aliphatic heterocycles. The summed E-state index contributed by atoms with van der Waals surface area (Å²) in [7, 11) is 0. The highest BCUT2D eigenvalue weighted by molar-refractivity contribution is 5.55. The van der Waals surface area contributed by atoms with Crippen molar-refractivity contribution < 1.29 is 8.78 Å². The standard InChI is InChI=1S/C12H13F2N5/c1-7-11(17-6-18-12(7)19-15)16-5-8-2-3-9(13)4-10(8)14/h2-4,6H,5,15H2,1H3,(H2,16,17,18,19). The first-order chi connectivity index (χ1) is 9.11. The van der Waals surface area contributed by atoms with Gasteiger partial charge in [-0.05, 0) is 13.0 Å². The number of halogens is 2. The van der Waals surface area contributed by atoms with Gasteiger partial charge in [0, 0.05) is 23.7 Å². The van der Waals surface area contributed by atoms with Crippen LogP contribution in [0.4, 0.5) is 20.4 Å². The molecule has 19 heavy (non-hydrogen) atoms. The molecule has 4 N–H and O–H groups in total. The molecule has 0 amide bonds. The van der Waals surface area contributed by atoms with Crippen molar-refractivity contribution in [2.45, 2.75) is 13.5 Å². The zero-order valence-corrected chi connectivity index (χ0v) is 10.2. The van der Waals surface area contributed by atoms with E-state index in [1.54, 1.807) is 6.92 Å². The summed E-state index contributed by atoms with van der Waals surface area (Å²) in [6.07, 6.45) is 1.34. The van der Waals surface area contributed by atoms with Crippen LogP contribution in [-0.2, 0) is 6.54 Å². The summed E-state index contributed by atoms with van der Waals surface area (Å²) < 4.78 is 26.2. The van der Waals surface area contributed by atoms with Gasteiger partial charge < -0.3 is 10.7 Å². The zero-order valence-electron chi connectivity index (χ0n) is 10.2. The predicted molar refractivity (Wildman–Crippen MR) is 68.3 cm³/mol. The van der Waals surface area contributed by atoms with E-state index in [1.807, 2.05) is 0 Å². The van der Waals surface area contributed by atoms with Crippen LogP contribution in [0, 0.1) is 18.6 Å². The highest BCUT2D eigenvalue weighted by atomic mass is 19.1. The molecule has 0 radical (unpaired) electrons. The minimum absolute atomic E-state index is 0.188. The van der Waals surface area contributed by atoms with E-state index in [2.05, 4.69) is 20.7 Å². The maximum Gasteiger partial charge on any atom is 0.148 e. The first-order valence-corrected chi connectivity index (χ1v) is 5.58. The van der Waals surface area contributed by atoms with Gasteiger partial charge in [-0.15, -0.1) is 0 Å². The average molecular weight is 265 g/mol. The molecule has 1 heterocycles. The number of anilines is 2. The number of nitrogens with two attached hydrogens (primary N) is 1. The largest absolute Gasteiger partial charge is 0.365 e. The number of hydrazine groups is 1. The number of aromatic nitrogens is 2. The van der Waals surface area contributed by atoms with E-state index >= 15 is 0 Å². The van der Waals surface area contributed by atoms with Crippen molar-refractivity contribution >= 4 is 11.6 Å². The maximum atomic E-state index is 13.5. The minimum atomic E-state index is -0.603. The fraction of sp³-hybridized carbons (Fsp3) is 0.167. The van der Waals surface area contributed by atoms with E-state index in [-0.39, 0.29) is 6.54 Å². The number of rotatable bonds is 4. The van der Waals surface area contributed by atoms with Crippen LogP contribution in [0.2, 0.25) is 0 Å². The second-order valence-corrected chi connectivity index (χ2v) is 3.93. The maximum absolute atomic E-state index is 13.5. The molecule has 1 aromatic carbocycles. The summed E-state index contributed by atoms with van der Waals surface area (Å²) in [6.45, 7) is 1.96. The molecule has 0 fully saturated rings. The van der Waals surface area contributed by atoms with Crippen LogP contribution < -0.4 is 16.6 Å². The molecule has 1 aromatic heterocycles. The first-order valence-electron chi connectivity index (χ1n) is 5.58. The molecule has 7 heteroatoms. The van der Waals surface area contributed by atoms with E-state index in [0.29, 0.717) is 22.8 Å². The third-order valence-corrected chi connectivity index (χ3v) is 2.68. The van der Waals surface area contributed by atoms with Crippen LogP contribution in [0.15, 0.2) is 24.5 Å². The van der Waals surface area contributed by atoms with Crippen molar-refractivity contribution in [3.05, 3.63) is 47.3 Å². The van der Waals surface area contributed by atoms with Gasteiger partial charge in [0.1, 0.15) is 29.6 Å². The Balaban J connectivity index is 2.14. The summed E-state index contributed by atoms with van der Waals surface area (Å²) in [5.74, 6) is 5.11. The molecule has 0 aliphatic rings. The Morgan fingerprint density at radius 3 is 2.63 bits per heavy atom. The fourth-order valence-electron chi connectivity index (χ4n) is 1.62. The van der Waals surface area contributed by atoms with Crippen molar-refractivity contribution in [2.24, 2.45) is 5.84 Å². The van der Waals surface area contributed by atoms with Gasteiger partial charge in [-0.2, -0.15) is 0 Å². The molecule has 0 aliphatic carbocycles. The lowest BCUT2D eigenvalue weighted by molar-refractivity contribution is 0.574. The van der Waals surface area contributed by atoms with E-state index in [4.69, 9.17) is 5.84 Å². The lowest BCUT2D eigenvalue weighted by atomic mass is 10.2. The van der Waals surface area contributed by atoms with Crippen LogP contribution in [-0.4, -0.2) is 9.97 Å². The van der Waals surface area contributed by atoms with Gasteiger partial charge in [0.15, 0.2) is 0 Å². The molecule has 0 unspecified atom stereocenters. The Labute approximate surface area is 108 Å². The van der Waals surface area contributed by atoms with Gasteiger partial charge in [0.05, 0.1) is 0 Å². The molecule has 2 rings (SSSR count). The molecule has 100 valence electrons. The summed E-state index contributed by atoms with van der Waals surface area (Å²) in [6, 6.07) is 3.44. The lowest BCUT2D eigenvalue weighted by Gasteiger charge is -2.11. The molecule has 2 aromatic rings. The first kappa shape index (κ1) is 13.2.